The van der Waals surface area contributed by atoms with Crippen LogP contribution in [0, 0.1) is 13.8 Å². The molecule has 0 unspecified atom stereocenters. The van der Waals surface area contributed by atoms with Gasteiger partial charge < -0.3 is 5.32 Å². The molecule has 0 heterocycles. The predicted molar refractivity (Wildman–Crippen MR) is 76.7 cm³/mol. The molecule has 0 aliphatic heterocycles. The highest BCUT2D eigenvalue weighted by Gasteiger charge is 2.15. The van der Waals surface area contributed by atoms with Crippen molar-refractivity contribution in [3.8, 4) is 0 Å². The van der Waals surface area contributed by atoms with E-state index in [0.717, 1.165) is 16.7 Å². The van der Waals surface area contributed by atoms with Crippen LogP contribution in [0.4, 0.5) is 0 Å². The van der Waals surface area contributed by atoms with Crippen LogP contribution in [0.25, 0.3) is 0 Å². The van der Waals surface area contributed by atoms with Gasteiger partial charge in [0.25, 0.3) is 0 Å². The summed E-state index contributed by atoms with van der Waals surface area (Å²) in [5, 5.41) is 2.60. The molecule has 5 heteroatoms. The van der Waals surface area contributed by atoms with Crippen LogP contribution < -0.4 is 5.32 Å². The molecule has 19 heavy (non-hydrogen) atoms. The zero-order valence-electron chi connectivity index (χ0n) is 11.7. The van der Waals surface area contributed by atoms with Crippen molar-refractivity contribution in [2.24, 2.45) is 0 Å². The Kier molecular flexibility index (Phi) is 5.54. The van der Waals surface area contributed by atoms with E-state index < -0.39 is 9.84 Å². The van der Waals surface area contributed by atoms with E-state index in [9.17, 15) is 13.2 Å². The third-order valence-corrected chi connectivity index (χ3v) is 4.47. The van der Waals surface area contributed by atoms with Crippen LogP contribution in [0.3, 0.4) is 0 Å². The first-order valence-corrected chi connectivity index (χ1v) is 8.19. The molecule has 0 atom stereocenters. The Morgan fingerprint density at radius 2 is 1.95 bits per heavy atom. The van der Waals surface area contributed by atoms with Crippen molar-refractivity contribution < 1.29 is 13.2 Å². The Morgan fingerprint density at radius 1 is 1.26 bits per heavy atom. The maximum absolute atomic E-state index is 12.0. The Morgan fingerprint density at radius 3 is 2.58 bits per heavy atom. The van der Waals surface area contributed by atoms with E-state index in [2.05, 4.69) is 5.32 Å². The van der Waals surface area contributed by atoms with E-state index in [1.165, 1.54) is 0 Å². The lowest BCUT2D eigenvalue weighted by Gasteiger charge is -2.08. The van der Waals surface area contributed by atoms with Gasteiger partial charge in [-0.1, -0.05) is 23.8 Å². The third-order valence-electron chi connectivity index (χ3n) is 2.89. The van der Waals surface area contributed by atoms with E-state index in [-0.39, 0.29) is 23.8 Å². The maximum Gasteiger partial charge on any atom is 0.221 e. The number of aryl methyl sites for hydroxylation is 2. The predicted octanol–water partition coefficient (Wildman–Crippen LogP) is 1.74. The molecule has 0 spiro atoms. The zero-order chi connectivity index (χ0) is 14.5. The molecule has 1 rings (SSSR count). The fourth-order valence-electron chi connectivity index (χ4n) is 1.80. The highest BCUT2D eigenvalue weighted by atomic mass is 32.2. The summed E-state index contributed by atoms with van der Waals surface area (Å²) < 4.78 is 24.0. The Bertz CT molecular complexity index is 550. The van der Waals surface area contributed by atoms with Crippen LogP contribution in [0.15, 0.2) is 18.2 Å². The van der Waals surface area contributed by atoms with E-state index in [1.54, 1.807) is 0 Å². The van der Waals surface area contributed by atoms with Gasteiger partial charge in [0, 0.05) is 13.0 Å². The summed E-state index contributed by atoms with van der Waals surface area (Å²) in [7, 11) is -3.25. The van der Waals surface area contributed by atoms with E-state index in [0.29, 0.717) is 6.54 Å². The highest BCUT2D eigenvalue weighted by Crippen LogP contribution is 2.14. The third kappa shape index (κ3) is 5.42. The molecule has 0 radical (unpaired) electrons. The van der Waals surface area contributed by atoms with Crippen LogP contribution in [-0.4, -0.2) is 26.6 Å². The molecule has 0 aliphatic carbocycles. The van der Waals surface area contributed by atoms with Crippen molar-refractivity contribution in [2.45, 2.75) is 32.9 Å². The second-order valence-corrected chi connectivity index (χ2v) is 6.91. The lowest BCUT2D eigenvalue weighted by Crippen LogP contribution is -2.25. The molecule has 106 valence electrons. The Balaban J connectivity index is 2.69. The SMILES string of the molecule is CCNC(=O)CCS(=O)(=O)Cc1cc(C)ccc1C. The lowest BCUT2D eigenvalue weighted by atomic mass is 10.1. The maximum atomic E-state index is 12.0. The topological polar surface area (TPSA) is 63.2 Å². The van der Waals surface area contributed by atoms with Gasteiger partial charge in [0.2, 0.25) is 5.91 Å². The normalized spacial score (nSPS) is 11.3. The zero-order valence-corrected chi connectivity index (χ0v) is 12.5. The number of amides is 1. The van der Waals surface area contributed by atoms with Crippen molar-refractivity contribution in [1.29, 1.82) is 0 Å². The summed E-state index contributed by atoms with van der Waals surface area (Å²) in [5.74, 6) is -0.321. The molecule has 1 aromatic rings. The number of carbonyl (C=O) groups excluding carboxylic acids is 1. The minimum atomic E-state index is -3.25. The molecule has 0 aliphatic rings. The van der Waals surface area contributed by atoms with Crippen LogP contribution in [0.5, 0.6) is 0 Å². The molecule has 1 N–H and O–H groups in total. The molecular weight excluding hydrogens is 262 g/mol. The molecule has 1 amide bonds. The van der Waals surface area contributed by atoms with Gasteiger partial charge in [0.15, 0.2) is 9.84 Å². The lowest BCUT2D eigenvalue weighted by molar-refractivity contribution is -0.120. The average Bonchev–Trinajstić information content (AvgIpc) is 2.32. The molecule has 1 aromatic carbocycles. The summed E-state index contributed by atoms with van der Waals surface area (Å²) in [5.41, 5.74) is 2.82. The number of benzene rings is 1. The first-order chi connectivity index (χ1) is 8.84. The summed E-state index contributed by atoms with van der Waals surface area (Å²) in [6, 6.07) is 5.77. The van der Waals surface area contributed by atoms with Gasteiger partial charge in [-0.05, 0) is 31.9 Å². The monoisotopic (exact) mass is 283 g/mol. The summed E-state index contributed by atoms with van der Waals surface area (Å²) in [6.07, 6.45) is 0.0288. The van der Waals surface area contributed by atoms with Crippen molar-refractivity contribution >= 4 is 15.7 Å². The van der Waals surface area contributed by atoms with Crippen LogP contribution in [-0.2, 0) is 20.4 Å². The summed E-state index contributed by atoms with van der Waals surface area (Å²) in [6.45, 7) is 6.16. The summed E-state index contributed by atoms with van der Waals surface area (Å²) >= 11 is 0. The first-order valence-electron chi connectivity index (χ1n) is 6.37. The molecular formula is C14H21NO3S. The number of nitrogens with one attached hydrogen (secondary N) is 1. The number of hydrogen-bond acceptors (Lipinski definition) is 3. The van der Waals surface area contributed by atoms with Gasteiger partial charge in [-0.25, -0.2) is 8.42 Å². The van der Waals surface area contributed by atoms with Crippen molar-refractivity contribution in [1.82, 2.24) is 5.32 Å². The van der Waals surface area contributed by atoms with E-state index in [4.69, 9.17) is 0 Å². The Labute approximate surface area is 115 Å². The van der Waals surface area contributed by atoms with Crippen LogP contribution >= 0.6 is 0 Å². The number of sulfone groups is 1. The van der Waals surface area contributed by atoms with Crippen molar-refractivity contribution in [3.63, 3.8) is 0 Å². The standard InChI is InChI=1S/C14H21NO3S/c1-4-15-14(16)7-8-19(17,18)10-13-9-11(2)5-6-12(13)3/h5-6,9H,4,7-8,10H2,1-3H3,(H,15,16). The average molecular weight is 283 g/mol. The number of carbonyl (C=O) groups is 1. The van der Waals surface area contributed by atoms with Crippen LogP contribution in [0.1, 0.15) is 30.0 Å². The highest BCUT2D eigenvalue weighted by molar-refractivity contribution is 7.90. The quantitative estimate of drug-likeness (QED) is 0.865. The minimum Gasteiger partial charge on any atom is -0.356 e. The molecule has 0 fully saturated rings. The minimum absolute atomic E-state index is 0.0000810. The van der Waals surface area contributed by atoms with Gasteiger partial charge in [0.1, 0.15) is 0 Å². The molecule has 4 nitrogen and oxygen atoms in total. The molecule has 0 saturated carbocycles. The molecule has 0 saturated heterocycles. The fourth-order valence-corrected chi connectivity index (χ4v) is 3.22. The number of rotatable bonds is 6. The van der Waals surface area contributed by atoms with Crippen molar-refractivity contribution in [2.75, 3.05) is 12.3 Å². The Hall–Kier alpha value is -1.36. The second kappa shape index (κ2) is 6.70. The molecule has 0 bridgehead atoms. The van der Waals surface area contributed by atoms with Gasteiger partial charge in [-0.3, -0.25) is 4.79 Å². The van der Waals surface area contributed by atoms with Gasteiger partial charge in [0.05, 0.1) is 11.5 Å². The van der Waals surface area contributed by atoms with Gasteiger partial charge in [-0.2, -0.15) is 0 Å². The van der Waals surface area contributed by atoms with Crippen LogP contribution in [0.2, 0.25) is 0 Å². The van der Waals surface area contributed by atoms with E-state index in [1.807, 2.05) is 39.0 Å². The molecule has 0 aromatic heterocycles. The second-order valence-electron chi connectivity index (χ2n) is 4.73. The van der Waals surface area contributed by atoms with Crippen molar-refractivity contribution in [3.05, 3.63) is 34.9 Å². The first kappa shape index (κ1) is 15.7. The smallest absolute Gasteiger partial charge is 0.221 e. The van der Waals surface area contributed by atoms with Gasteiger partial charge >= 0.3 is 0 Å². The summed E-state index contributed by atoms with van der Waals surface area (Å²) in [4.78, 5) is 11.3. The fraction of sp³-hybridized carbons (Fsp3) is 0.500. The van der Waals surface area contributed by atoms with Gasteiger partial charge in [-0.15, -0.1) is 0 Å². The van der Waals surface area contributed by atoms with E-state index >= 15 is 0 Å². The number of hydrogen-bond donors (Lipinski definition) is 1. The largest absolute Gasteiger partial charge is 0.356 e.